The molecule has 0 unspecified atom stereocenters. The summed E-state index contributed by atoms with van der Waals surface area (Å²) in [7, 11) is 0. The largest absolute Gasteiger partial charge is 0.338 e. The van der Waals surface area contributed by atoms with Gasteiger partial charge in [-0.05, 0) is 47.9 Å². The molecule has 0 radical (unpaired) electrons. The molecule has 0 bridgehead atoms. The van der Waals surface area contributed by atoms with Crippen LogP contribution in [0.3, 0.4) is 0 Å². The predicted octanol–water partition coefficient (Wildman–Crippen LogP) is 4.31. The fourth-order valence-corrected chi connectivity index (χ4v) is 4.17. The van der Waals surface area contributed by atoms with Gasteiger partial charge in [0.15, 0.2) is 0 Å². The molecule has 0 atom stereocenters. The van der Waals surface area contributed by atoms with E-state index in [1.54, 1.807) is 22.7 Å². The Morgan fingerprint density at radius 2 is 2.00 bits per heavy atom. The Labute approximate surface area is 138 Å². The fraction of sp³-hybridized carbons (Fsp3) is 0.235. The average molecular weight is 330 g/mol. The van der Waals surface area contributed by atoms with Crippen LogP contribution in [-0.2, 0) is 13.0 Å². The first kappa shape index (κ1) is 15.1. The van der Waals surface area contributed by atoms with Gasteiger partial charge in [-0.25, -0.2) is 4.79 Å². The van der Waals surface area contributed by atoms with Gasteiger partial charge in [-0.15, -0.1) is 22.7 Å². The third-order valence-corrected chi connectivity index (χ3v) is 5.47. The van der Waals surface area contributed by atoms with Crippen molar-refractivity contribution in [2.75, 3.05) is 6.54 Å². The monoisotopic (exact) mass is 330 g/mol. The van der Waals surface area contributed by atoms with Crippen molar-refractivity contribution >= 4 is 38.8 Å². The minimum atomic E-state index is -0.106. The molecule has 0 aliphatic rings. The van der Waals surface area contributed by atoms with Crippen LogP contribution in [0.1, 0.15) is 15.3 Å². The first-order valence-electron chi connectivity index (χ1n) is 7.24. The van der Waals surface area contributed by atoms with Crippen LogP contribution in [0.4, 0.5) is 4.79 Å². The zero-order chi connectivity index (χ0) is 15.4. The van der Waals surface area contributed by atoms with E-state index in [2.05, 4.69) is 59.3 Å². The lowest BCUT2D eigenvalue weighted by atomic mass is 10.1. The maximum atomic E-state index is 11.8. The average Bonchev–Trinajstić information content (AvgIpc) is 3.12. The summed E-state index contributed by atoms with van der Waals surface area (Å²) in [6.07, 6.45) is 0.857. The normalized spacial score (nSPS) is 10.8. The molecular weight excluding hydrogens is 312 g/mol. The highest BCUT2D eigenvalue weighted by atomic mass is 32.1. The van der Waals surface area contributed by atoms with Crippen LogP contribution < -0.4 is 10.6 Å². The molecule has 2 amide bonds. The van der Waals surface area contributed by atoms with E-state index in [0.29, 0.717) is 13.1 Å². The molecule has 5 heteroatoms. The Morgan fingerprint density at radius 3 is 2.82 bits per heavy atom. The molecule has 3 aromatic rings. The molecule has 1 aromatic carbocycles. The minimum absolute atomic E-state index is 0.106. The molecule has 2 aromatic heterocycles. The molecule has 22 heavy (non-hydrogen) atoms. The second-order valence-corrected chi connectivity index (χ2v) is 7.41. The SMILES string of the molecule is Cc1ccc(CNC(=O)NCCc2csc3ccccc23)s1. The number of carbonyl (C=O) groups is 1. The van der Waals surface area contributed by atoms with Crippen LogP contribution in [0.2, 0.25) is 0 Å². The Kier molecular flexibility index (Phi) is 4.75. The number of fused-ring (bicyclic) bond motifs is 1. The summed E-state index contributed by atoms with van der Waals surface area (Å²) in [6, 6.07) is 12.4. The topological polar surface area (TPSA) is 41.1 Å². The van der Waals surface area contributed by atoms with Gasteiger partial charge >= 0.3 is 6.03 Å². The van der Waals surface area contributed by atoms with E-state index >= 15 is 0 Å². The van der Waals surface area contributed by atoms with Crippen molar-refractivity contribution in [1.82, 2.24) is 10.6 Å². The maximum absolute atomic E-state index is 11.8. The number of nitrogens with one attached hydrogen (secondary N) is 2. The smallest absolute Gasteiger partial charge is 0.315 e. The standard InChI is InChI=1S/C17H18N2OS2/c1-12-6-7-14(22-12)10-19-17(20)18-9-8-13-11-21-16-5-3-2-4-15(13)16/h2-7,11H,8-10H2,1H3,(H2,18,19,20). The summed E-state index contributed by atoms with van der Waals surface area (Å²) in [5.74, 6) is 0. The predicted molar refractivity (Wildman–Crippen MR) is 94.8 cm³/mol. The maximum Gasteiger partial charge on any atom is 0.315 e. The lowest BCUT2D eigenvalue weighted by molar-refractivity contribution is 0.240. The summed E-state index contributed by atoms with van der Waals surface area (Å²) < 4.78 is 1.30. The number of benzene rings is 1. The highest BCUT2D eigenvalue weighted by molar-refractivity contribution is 7.17. The first-order chi connectivity index (χ1) is 10.7. The van der Waals surface area contributed by atoms with Gasteiger partial charge in [0, 0.05) is 21.0 Å². The molecule has 3 rings (SSSR count). The molecule has 2 N–H and O–H groups in total. The van der Waals surface area contributed by atoms with E-state index in [9.17, 15) is 4.79 Å². The number of thiophene rings is 2. The number of carbonyl (C=O) groups excluding carboxylic acids is 1. The van der Waals surface area contributed by atoms with Crippen molar-refractivity contribution in [3.63, 3.8) is 0 Å². The number of hydrogen-bond donors (Lipinski definition) is 2. The summed E-state index contributed by atoms with van der Waals surface area (Å²) in [6.45, 7) is 3.31. The molecule has 0 aliphatic carbocycles. The summed E-state index contributed by atoms with van der Waals surface area (Å²) >= 11 is 3.47. The third-order valence-electron chi connectivity index (χ3n) is 3.46. The number of amides is 2. The van der Waals surface area contributed by atoms with Crippen molar-refractivity contribution < 1.29 is 4.79 Å². The van der Waals surface area contributed by atoms with Crippen LogP contribution in [0.15, 0.2) is 41.8 Å². The van der Waals surface area contributed by atoms with Gasteiger partial charge in [0.05, 0.1) is 6.54 Å². The molecule has 0 saturated carbocycles. The summed E-state index contributed by atoms with van der Waals surface area (Å²) in [5, 5.41) is 9.29. The van der Waals surface area contributed by atoms with Crippen LogP contribution >= 0.6 is 22.7 Å². The summed E-state index contributed by atoms with van der Waals surface area (Å²) in [4.78, 5) is 14.2. The Hall–Kier alpha value is -1.85. The highest BCUT2D eigenvalue weighted by Crippen LogP contribution is 2.25. The Morgan fingerprint density at radius 1 is 1.14 bits per heavy atom. The highest BCUT2D eigenvalue weighted by Gasteiger charge is 2.05. The Bertz CT molecular complexity index is 776. The molecule has 2 heterocycles. The molecule has 114 valence electrons. The van der Waals surface area contributed by atoms with Crippen LogP contribution in [0, 0.1) is 6.92 Å². The lowest BCUT2D eigenvalue weighted by Crippen LogP contribution is -2.35. The molecule has 0 spiro atoms. The van der Waals surface area contributed by atoms with E-state index in [0.717, 1.165) is 6.42 Å². The number of rotatable bonds is 5. The quantitative estimate of drug-likeness (QED) is 0.719. The van der Waals surface area contributed by atoms with Crippen LogP contribution in [0.5, 0.6) is 0 Å². The second kappa shape index (κ2) is 6.94. The molecule has 0 aliphatic heterocycles. The van der Waals surface area contributed by atoms with E-state index in [-0.39, 0.29) is 6.03 Å². The number of hydrogen-bond acceptors (Lipinski definition) is 3. The van der Waals surface area contributed by atoms with E-state index in [4.69, 9.17) is 0 Å². The zero-order valence-electron chi connectivity index (χ0n) is 12.4. The molecular formula is C17H18N2OS2. The minimum Gasteiger partial charge on any atom is -0.338 e. The molecule has 0 fully saturated rings. The zero-order valence-corrected chi connectivity index (χ0v) is 14.0. The third kappa shape index (κ3) is 3.67. The van der Waals surface area contributed by atoms with Crippen molar-refractivity contribution in [2.24, 2.45) is 0 Å². The van der Waals surface area contributed by atoms with Crippen molar-refractivity contribution in [1.29, 1.82) is 0 Å². The van der Waals surface area contributed by atoms with Gasteiger partial charge in [0.2, 0.25) is 0 Å². The van der Waals surface area contributed by atoms with Gasteiger partial charge in [0.25, 0.3) is 0 Å². The van der Waals surface area contributed by atoms with Crippen LogP contribution in [0.25, 0.3) is 10.1 Å². The van der Waals surface area contributed by atoms with E-state index < -0.39 is 0 Å². The number of urea groups is 1. The summed E-state index contributed by atoms with van der Waals surface area (Å²) in [5.41, 5.74) is 1.30. The first-order valence-corrected chi connectivity index (χ1v) is 8.94. The van der Waals surface area contributed by atoms with Crippen molar-refractivity contribution in [2.45, 2.75) is 19.9 Å². The fourth-order valence-electron chi connectivity index (χ4n) is 2.35. The number of aryl methyl sites for hydroxylation is 1. The van der Waals surface area contributed by atoms with Gasteiger partial charge < -0.3 is 10.6 Å². The van der Waals surface area contributed by atoms with Gasteiger partial charge in [-0.3, -0.25) is 0 Å². The van der Waals surface area contributed by atoms with Crippen molar-refractivity contribution in [3.8, 4) is 0 Å². The van der Waals surface area contributed by atoms with Crippen LogP contribution in [-0.4, -0.2) is 12.6 Å². The van der Waals surface area contributed by atoms with Gasteiger partial charge in [0.1, 0.15) is 0 Å². The van der Waals surface area contributed by atoms with Gasteiger partial charge in [-0.1, -0.05) is 18.2 Å². The van der Waals surface area contributed by atoms with E-state index in [1.807, 2.05) is 0 Å². The second-order valence-electron chi connectivity index (χ2n) is 5.13. The van der Waals surface area contributed by atoms with Crippen molar-refractivity contribution in [3.05, 3.63) is 57.1 Å². The van der Waals surface area contributed by atoms with E-state index in [1.165, 1.54) is 25.4 Å². The lowest BCUT2D eigenvalue weighted by Gasteiger charge is -2.06. The molecule has 3 nitrogen and oxygen atoms in total. The van der Waals surface area contributed by atoms with Gasteiger partial charge in [-0.2, -0.15) is 0 Å². The molecule has 0 saturated heterocycles. The Balaban J connectivity index is 1.45.